The minimum atomic E-state index is -0.832. The lowest BCUT2D eigenvalue weighted by atomic mass is 10.5. The van der Waals surface area contributed by atoms with Gasteiger partial charge in [0.15, 0.2) is 0 Å². The fraction of sp³-hybridized carbons (Fsp3) is 0.875. The average molecular weight is 206 g/mol. The number of amides is 2. The minimum absolute atomic E-state index is 0.0737. The topological polar surface area (TPSA) is 49.4 Å². The van der Waals surface area contributed by atoms with Crippen LogP contribution in [0.25, 0.3) is 0 Å². The van der Waals surface area contributed by atoms with Gasteiger partial charge >= 0.3 is 6.03 Å². The standard InChI is InChI=1S/C8H18N2O2S/c1-4-10(5-2)8(11)9-6-7-13(3)12/h4-7H2,1-3H3,(H,9,11). The van der Waals surface area contributed by atoms with Crippen LogP contribution in [0.3, 0.4) is 0 Å². The summed E-state index contributed by atoms with van der Waals surface area (Å²) in [7, 11) is -0.832. The summed E-state index contributed by atoms with van der Waals surface area (Å²) in [4.78, 5) is 13.0. The number of urea groups is 1. The molecule has 78 valence electrons. The zero-order valence-electron chi connectivity index (χ0n) is 8.50. The fourth-order valence-electron chi connectivity index (χ4n) is 0.924. The summed E-state index contributed by atoms with van der Waals surface area (Å²) in [5.41, 5.74) is 0. The number of hydrogen-bond donors (Lipinski definition) is 1. The molecule has 13 heavy (non-hydrogen) atoms. The van der Waals surface area contributed by atoms with Crippen LogP contribution in [0.4, 0.5) is 4.79 Å². The second-order valence-corrected chi connectivity index (χ2v) is 4.24. The van der Waals surface area contributed by atoms with Gasteiger partial charge in [0.1, 0.15) is 0 Å². The number of nitrogens with zero attached hydrogens (tertiary/aromatic N) is 1. The van der Waals surface area contributed by atoms with Crippen LogP contribution in [0, 0.1) is 0 Å². The highest BCUT2D eigenvalue weighted by atomic mass is 32.2. The number of nitrogens with one attached hydrogen (secondary N) is 1. The number of carbonyl (C=O) groups excluding carboxylic acids is 1. The molecule has 0 bridgehead atoms. The zero-order chi connectivity index (χ0) is 10.3. The first-order chi connectivity index (χ1) is 6.11. The van der Waals surface area contributed by atoms with Crippen molar-refractivity contribution in [2.24, 2.45) is 0 Å². The highest BCUT2D eigenvalue weighted by Crippen LogP contribution is 1.87. The van der Waals surface area contributed by atoms with Gasteiger partial charge in [0.2, 0.25) is 0 Å². The van der Waals surface area contributed by atoms with Crippen LogP contribution in [-0.2, 0) is 10.8 Å². The first-order valence-corrected chi connectivity index (χ1v) is 6.17. The van der Waals surface area contributed by atoms with Gasteiger partial charge in [-0.1, -0.05) is 0 Å². The van der Waals surface area contributed by atoms with Crippen LogP contribution < -0.4 is 5.32 Å². The Balaban J connectivity index is 3.66. The molecular weight excluding hydrogens is 188 g/mol. The Morgan fingerprint density at radius 3 is 2.31 bits per heavy atom. The van der Waals surface area contributed by atoms with Gasteiger partial charge in [0.25, 0.3) is 0 Å². The first kappa shape index (κ1) is 12.4. The van der Waals surface area contributed by atoms with Crippen molar-refractivity contribution in [3.8, 4) is 0 Å². The maximum Gasteiger partial charge on any atom is 0.317 e. The van der Waals surface area contributed by atoms with Crippen LogP contribution in [0.2, 0.25) is 0 Å². The van der Waals surface area contributed by atoms with E-state index in [1.54, 1.807) is 11.2 Å². The van der Waals surface area contributed by atoms with Crippen molar-refractivity contribution in [3.63, 3.8) is 0 Å². The summed E-state index contributed by atoms with van der Waals surface area (Å²) >= 11 is 0. The predicted molar refractivity (Wildman–Crippen MR) is 55.3 cm³/mol. The van der Waals surface area contributed by atoms with Crippen LogP contribution >= 0.6 is 0 Å². The van der Waals surface area contributed by atoms with E-state index in [0.29, 0.717) is 25.4 Å². The number of carbonyl (C=O) groups is 1. The van der Waals surface area contributed by atoms with Gasteiger partial charge < -0.3 is 10.2 Å². The molecule has 0 saturated carbocycles. The summed E-state index contributed by atoms with van der Waals surface area (Å²) < 4.78 is 10.7. The monoisotopic (exact) mass is 206 g/mol. The van der Waals surface area contributed by atoms with Crippen molar-refractivity contribution in [2.45, 2.75) is 13.8 Å². The van der Waals surface area contributed by atoms with Crippen LogP contribution in [0.1, 0.15) is 13.8 Å². The summed E-state index contributed by atoms with van der Waals surface area (Å²) in [6.07, 6.45) is 1.63. The van der Waals surface area contributed by atoms with Crippen LogP contribution in [-0.4, -0.2) is 46.8 Å². The Hall–Kier alpha value is -0.580. The van der Waals surface area contributed by atoms with Crippen molar-refractivity contribution < 1.29 is 9.00 Å². The predicted octanol–water partition coefficient (Wildman–Crippen LogP) is 0.416. The van der Waals surface area contributed by atoms with Gasteiger partial charge in [-0.15, -0.1) is 0 Å². The second-order valence-electron chi connectivity index (χ2n) is 2.68. The van der Waals surface area contributed by atoms with E-state index in [1.165, 1.54) is 0 Å². The molecule has 4 nitrogen and oxygen atoms in total. The maximum absolute atomic E-state index is 11.3. The second kappa shape index (κ2) is 6.88. The van der Waals surface area contributed by atoms with Crippen molar-refractivity contribution in [1.29, 1.82) is 0 Å². The highest BCUT2D eigenvalue weighted by molar-refractivity contribution is 7.84. The molecule has 1 atom stereocenters. The lowest BCUT2D eigenvalue weighted by Gasteiger charge is -2.18. The molecule has 0 aliphatic rings. The number of hydrogen-bond acceptors (Lipinski definition) is 2. The zero-order valence-corrected chi connectivity index (χ0v) is 9.32. The Kier molecular flexibility index (Phi) is 6.58. The van der Waals surface area contributed by atoms with E-state index in [1.807, 2.05) is 13.8 Å². The first-order valence-electron chi connectivity index (χ1n) is 4.44. The van der Waals surface area contributed by atoms with Gasteiger partial charge in [0.05, 0.1) is 0 Å². The van der Waals surface area contributed by atoms with E-state index in [0.717, 1.165) is 0 Å². The molecule has 0 saturated heterocycles. The summed E-state index contributed by atoms with van der Waals surface area (Å²) in [6, 6.07) is -0.0737. The van der Waals surface area contributed by atoms with Crippen molar-refractivity contribution >= 4 is 16.8 Å². The van der Waals surface area contributed by atoms with E-state index in [4.69, 9.17) is 0 Å². The molecule has 0 heterocycles. The number of rotatable bonds is 5. The highest BCUT2D eigenvalue weighted by Gasteiger charge is 2.07. The lowest BCUT2D eigenvalue weighted by molar-refractivity contribution is 0.204. The summed E-state index contributed by atoms with van der Waals surface area (Å²) in [5.74, 6) is 0.521. The van der Waals surface area contributed by atoms with Crippen molar-refractivity contribution in [2.75, 3.05) is 31.6 Å². The molecule has 0 aromatic carbocycles. The molecule has 0 fully saturated rings. The molecule has 0 aromatic rings. The van der Waals surface area contributed by atoms with Gasteiger partial charge in [-0.05, 0) is 13.8 Å². The van der Waals surface area contributed by atoms with Crippen molar-refractivity contribution in [3.05, 3.63) is 0 Å². The smallest absolute Gasteiger partial charge is 0.317 e. The van der Waals surface area contributed by atoms with Gasteiger partial charge in [-0.25, -0.2) is 4.79 Å². The molecule has 2 amide bonds. The Morgan fingerprint density at radius 2 is 1.92 bits per heavy atom. The molecule has 0 aromatic heterocycles. The van der Waals surface area contributed by atoms with E-state index < -0.39 is 10.8 Å². The minimum Gasteiger partial charge on any atom is -0.337 e. The average Bonchev–Trinajstić information content (AvgIpc) is 2.05. The van der Waals surface area contributed by atoms with Gasteiger partial charge in [0, 0.05) is 42.4 Å². The van der Waals surface area contributed by atoms with E-state index in [2.05, 4.69) is 5.32 Å². The molecule has 0 aliphatic heterocycles. The third-order valence-corrected chi connectivity index (χ3v) is 2.50. The van der Waals surface area contributed by atoms with Gasteiger partial charge in [-0.3, -0.25) is 4.21 Å². The van der Waals surface area contributed by atoms with Crippen molar-refractivity contribution in [1.82, 2.24) is 10.2 Å². The quantitative estimate of drug-likeness (QED) is 0.708. The SMILES string of the molecule is CCN(CC)C(=O)NCCS(C)=O. The Labute approximate surface area is 82.1 Å². The third-order valence-electron chi connectivity index (χ3n) is 1.72. The molecule has 1 unspecified atom stereocenters. The summed E-state index contributed by atoms with van der Waals surface area (Å²) in [6.45, 7) is 5.76. The molecule has 1 N–H and O–H groups in total. The summed E-state index contributed by atoms with van der Waals surface area (Å²) in [5, 5.41) is 2.71. The maximum atomic E-state index is 11.3. The molecule has 0 spiro atoms. The molecule has 0 radical (unpaired) electrons. The lowest BCUT2D eigenvalue weighted by Crippen LogP contribution is -2.41. The van der Waals surface area contributed by atoms with E-state index in [9.17, 15) is 9.00 Å². The largest absolute Gasteiger partial charge is 0.337 e. The molecule has 5 heteroatoms. The molecular formula is C8H18N2O2S. The van der Waals surface area contributed by atoms with Crippen LogP contribution in [0.5, 0.6) is 0 Å². The van der Waals surface area contributed by atoms with Crippen LogP contribution in [0.15, 0.2) is 0 Å². The normalized spacial score (nSPS) is 12.2. The van der Waals surface area contributed by atoms with E-state index >= 15 is 0 Å². The Bertz CT molecular complexity index is 181. The van der Waals surface area contributed by atoms with Gasteiger partial charge in [-0.2, -0.15) is 0 Å². The molecule has 0 rings (SSSR count). The Morgan fingerprint density at radius 1 is 1.38 bits per heavy atom. The third kappa shape index (κ3) is 5.63. The molecule has 0 aliphatic carbocycles. The fourth-order valence-corrected chi connectivity index (χ4v) is 1.31. The van der Waals surface area contributed by atoms with E-state index in [-0.39, 0.29) is 6.03 Å².